The molecule has 86 valence electrons. The van der Waals surface area contributed by atoms with Crippen molar-refractivity contribution < 1.29 is 0 Å². The van der Waals surface area contributed by atoms with Crippen LogP contribution in [0.5, 0.6) is 0 Å². The number of hydrogen-bond acceptors (Lipinski definition) is 2. The summed E-state index contributed by atoms with van der Waals surface area (Å²) in [6.45, 7) is 8.75. The van der Waals surface area contributed by atoms with Crippen molar-refractivity contribution in [1.29, 1.82) is 0 Å². The highest BCUT2D eigenvalue weighted by Gasteiger charge is 2.12. The van der Waals surface area contributed by atoms with Crippen molar-refractivity contribution in [2.24, 2.45) is 11.7 Å². The molecule has 0 amide bonds. The number of aromatic nitrogens is 2. The van der Waals surface area contributed by atoms with Crippen molar-refractivity contribution in [2.45, 2.75) is 52.6 Å². The van der Waals surface area contributed by atoms with Crippen molar-refractivity contribution in [3.63, 3.8) is 0 Å². The SMILES string of the molecule is CC(C)CCC(C)n1cncc1[C@@H](C)N. The Labute approximate surface area is 92.7 Å². The highest BCUT2D eigenvalue weighted by Crippen LogP contribution is 2.20. The van der Waals surface area contributed by atoms with Crippen molar-refractivity contribution in [3.05, 3.63) is 18.2 Å². The van der Waals surface area contributed by atoms with Crippen LogP contribution in [0.4, 0.5) is 0 Å². The molecule has 1 rings (SSSR count). The lowest BCUT2D eigenvalue weighted by Gasteiger charge is -2.19. The maximum absolute atomic E-state index is 5.89. The summed E-state index contributed by atoms with van der Waals surface area (Å²) in [5.74, 6) is 0.759. The third-order valence-electron chi connectivity index (χ3n) is 2.80. The van der Waals surface area contributed by atoms with Gasteiger partial charge in [0.1, 0.15) is 0 Å². The average Bonchev–Trinajstić information content (AvgIpc) is 2.62. The molecule has 0 spiro atoms. The normalized spacial score (nSPS) is 15.6. The van der Waals surface area contributed by atoms with Gasteiger partial charge in [-0.05, 0) is 32.6 Å². The molecule has 0 saturated heterocycles. The summed E-state index contributed by atoms with van der Waals surface area (Å²) in [6.07, 6.45) is 6.20. The maximum Gasteiger partial charge on any atom is 0.0951 e. The second kappa shape index (κ2) is 5.31. The first kappa shape index (κ1) is 12.2. The average molecular weight is 209 g/mol. The number of nitrogens with zero attached hydrogens (tertiary/aromatic N) is 2. The van der Waals surface area contributed by atoms with E-state index in [9.17, 15) is 0 Å². The fourth-order valence-corrected chi connectivity index (χ4v) is 1.75. The highest BCUT2D eigenvalue weighted by molar-refractivity contribution is 5.04. The van der Waals surface area contributed by atoms with Gasteiger partial charge < -0.3 is 10.3 Å². The van der Waals surface area contributed by atoms with E-state index >= 15 is 0 Å². The Morgan fingerprint density at radius 1 is 1.27 bits per heavy atom. The van der Waals surface area contributed by atoms with E-state index in [1.165, 1.54) is 12.8 Å². The van der Waals surface area contributed by atoms with E-state index in [1.807, 2.05) is 19.4 Å². The molecule has 1 heterocycles. The van der Waals surface area contributed by atoms with Crippen LogP contribution in [0.1, 0.15) is 58.3 Å². The van der Waals surface area contributed by atoms with Gasteiger partial charge in [0, 0.05) is 18.3 Å². The topological polar surface area (TPSA) is 43.8 Å². The lowest BCUT2D eigenvalue weighted by Crippen LogP contribution is -2.15. The Bertz CT molecular complexity index is 289. The number of nitrogens with two attached hydrogens (primary N) is 1. The molecule has 0 bridgehead atoms. The molecule has 1 aromatic rings. The fraction of sp³-hybridized carbons (Fsp3) is 0.750. The molecule has 2 atom stereocenters. The molecule has 0 aliphatic rings. The van der Waals surface area contributed by atoms with Gasteiger partial charge in [-0.3, -0.25) is 0 Å². The standard InChI is InChI=1S/C12H23N3/c1-9(2)5-6-10(3)15-8-14-7-12(15)11(4)13/h7-11H,5-6,13H2,1-4H3/t10?,11-/m1/s1. The Morgan fingerprint density at radius 2 is 1.93 bits per heavy atom. The predicted octanol–water partition coefficient (Wildman–Crippen LogP) is 2.90. The van der Waals surface area contributed by atoms with Gasteiger partial charge >= 0.3 is 0 Å². The second-order valence-electron chi connectivity index (χ2n) is 4.83. The second-order valence-corrected chi connectivity index (χ2v) is 4.83. The molecular formula is C12H23N3. The molecule has 0 saturated carbocycles. The van der Waals surface area contributed by atoms with Gasteiger partial charge in [0.15, 0.2) is 0 Å². The molecule has 0 aliphatic carbocycles. The van der Waals surface area contributed by atoms with Crippen LogP contribution in [0.2, 0.25) is 0 Å². The summed E-state index contributed by atoms with van der Waals surface area (Å²) in [6, 6.07) is 0.560. The summed E-state index contributed by atoms with van der Waals surface area (Å²) in [7, 11) is 0. The summed E-state index contributed by atoms with van der Waals surface area (Å²) in [5, 5.41) is 0. The first-order valence-electron chi connectivity index (χ1n) is 5.79. The van der Waals surface area contributed by atoms with Crippen LogP contribution in [0.25, 0.3) is 0 Å². The molecule has 1 unspecified atom stereocenters. The number of rotatable bonds is 5. The van der Waals surface area contributed by atoms with E-state index in [0.29, 0.717) is 6.04 Å². The molecule has 2 N–H and O–H groups in total. The third kappa shape index (κ3) is 3.34. The van der Waals surface area contributed by atoms with Crippen molar-refractivity contribution in [1.82, 2.24) is 9.55 Å². The van der Waals surface area contributed by atoms with E-state index < -0.39 is 0 Å². The zero-order valence-corrected chi connectivity index (χ0v) is 10.3. The minimum Gasteiger partial charge on any atom is -0.330 e. The summed E-state index contributed by atoms with van der Waals surface area (Å²) in [5.41, 5.74) is 7.02. The smallest absolute Gasteiger partial charge is 0.0951 e. The van der Waals surface area contributed by atoms with Crippen LogP contribution in [0.3, 0.4) is 0 Å². The Balaban J connectivity index is 2.64. The monoisotopic (exact) mass is 209 g/mol. The Morgan fingerprint density at radius 3 is 2.47 bits per heavy atom. The van der Waals surface area contributed by atoms with Crippen LogP contribution in [0, 0.1) is 5.92 Å². The van der Waals surface area contributed by atoms with Crippen LogP contribution in [-0.4, -0.2) is 9.55 Å². The van der Waals surface area contributed by atoms with Crippen molar-refractivity contribution in [2.75, 3.05) is 0 Å². The first-order valence-corrected chi connectivity index (χ1v) is 5.79. The first-order chi connectivity index (χ1) is 7.02. The van der Waals surface area contributed by atoms with Crippen molar-refractivity contribution >= 4 is 0 Å². The largest absolute Gasteiger partial charge is 0.330 e. The summed E-state index contributed by atoms with van der Waals surface area (Å²) < 4.78 is 2.20. The van der Waals surface area contributed by atoms with Gasteiger partial charge in [-0.25, -0.2) is 4.98 Å². The Hall–Kier alpha value is -0.830. The van der Waals surface area contributed by atoms with E-state index in [0.717, 1.165) is 11.6 Å². The molecule has 0 fully saturated rings. The van der Waals surface area contributed by atoms with Gasteiger partial charge in [0.25, 0.3) is 0 Å². The lowest BCUT2D eigenvalue weighted by atomic mass is 10.0. The molecule has 0 aliphatic heterocycles. The van der Waals surface area contributed by atoms with Crippen molar-refractivity contribution in [3.8, 4) is 0 Å². The molecule has 0 radical (unpaired) electrons. The summed E-state index contributed by atoms with van der Waals surface area (Å²) in [4.78, 5) is 4.17. The molecule has 1 aromatic heterocycles. The van der Waals surface area contributed by atoms with Gasteiger partial charge in [0.05, 0.1) is 12.0 Å². The van der Waals surface area contributed by atoms with Crippen LogP contribution < -0.4 is 5.73 Å². The van der Waals surface area contributed by atoms with Gasteiger partial charge in [0.2, 0.25) is 0 Å². The molecular weight excluding hydrogens is 186 g/mol. The van der Waals surface area contributed by atoms with E-state index in [-0.39, 0.29) is 6.04 Å². The van der Waals surface area contributed by atoms with Crippen LogP contribution >= 0.6 is 0 Å². The van der Waals surface area contributed by atoms with Gasteiger partial charge in [-0.2, -0.15) is 0 Å². The lowest BCUT2D eigenvalue weighted by molar-refractivity contribution is 0.426. The molecule has 15 heavy (non-hydrogen) atoms. The number of hydrogen-bond donors (Lipinski definition) is 1. The maximum atomic E-state index is 5.89. The zero-order valence-electron chi connectivity index (χ0n) is 10.3. The van der Waals surface area contributed by atoms with E-state index in [4.69, 9.17) is 5.73 Å². The fourth-order valence-electron chi connectivity index (χ4n) is 1.75. The van der Waals surface area contributed by atoms with E-state index in [2.05, 4.69) is 30.3 Å². The third-order valence-corrected chi connectivity index (χ3v) is 2.80. The Kier molecular flexibility index (Phi) is 4.33. The highest BCUT2D eigenvalue weighted by atomic mass is 15.1. The molecule has 3 nitrogen and oxygen atoms in total. The molecule has 3 heteroatoms. The minimum atomic E-state index is 0.0639. The minimum absolute atomic E-state index is 0.0639. The predicted molar refractivity (Wildman–Crippen MR) is 63.6 cm³/mol. The number of imidazole rings is 1. The van der Waals surface area contributed by atoms with Crippen LogP contribution in [-0.2, 0) is 0 Å². The van der Waals surface area contributed by atoms with E-state index in [1.54, 1.807) is 0 Å². The van der Waals surface area contributed by atoms with Gasteiger partial charge in [-0.15, -0.1) is 0 Å². The quantitative estimate of drug-likeness (QED) is 0.810. The summed E-state index contributed by atoms with van der Waals surface area (Å²) >= 11 is 0. The molecule has 0 aromatic carbocycles. The zero-order chi connectivity index (χ0) is 11.4. The van der Waals surface area contributed by atoms with Crippen LogP contribution in [0.15, 0.2) is 12.5 Å². The van der Waals surface area contributed by atoms with Gasteiger partial charge in [-0.1, -0.05) is 13.8 Å².